The van der Waals surface area contributed by atoms with Crippen LogP contribution in [0, 0.1) is 11.3 Å². The molecule has 0 aromatic rings. The molecule has 2 unspecified atom stereocenters. The standard InChI is InChI=1S/C16H25N3O2/c1-12-9-19(10-13(2)21-12)11-14(8-17)16(20)18-15-6-4-3-5-7-15/h11-13,15H,3-7,9-10H2,1-2H3,(H,18,20)/b14-11-. The van der Waals surface area contributed by atoms with Gasteiger partial charge in [-0.15, -0.1) is 0 Å². The SMILES string of the molecule is CC1CN(/C=C(/C#N)C(=O)NC2CCCCC2)CC(C)O1. The van der Waals surface area contributed by atoms with Crippen LogP contribution < -0.4 is 5.32 Å². The molecule has 0 radical (unpaired) electrons. The second kappa shape index (κ2) is 7.46. The zero-order valence-corrected chi connectivity index (χ0v) is 13.0. The lowest BCUT2D eigenvalue weighted by Gasteiger charge is -2.34. The van der Waals surface area contributed by atoms with Gasteiger partial charge >= 0.3 is 0 Å². The van der Waals surface area contributed by atoms with Gasteiger partial charge in [-0.3, -0.25) is 4.79 Å². The van der Waals surface area contributed by atoms with Gasteiger partial charge in [0.25, 0.3) is 5.91 Å². The van der Waals surface area contributed by atoms with Gasteiger partial charge < -0.3 is 15.0 Å². The molecular weight excluding hydrogens is 266 g/mol. The molecule has 0 aromatic carbocycles. The van der Waals surface area contributed by atoms with Gasteiger partial charge in [-0.25, -0.2) is 0 Å². The molecular formula is C16H25N3O2. The molecule has 2 fully saturated rings. The Labute approximate surface area is 126 Å². The number of nitriles is 1. The van der Waals surface area contributed by atoms with E-state index in [2.05, 4.69) is 5.32 Å². The summed E-state index contributed by atoms with van der Waals surface area (Å²) in [5.74, 6) is -0.240. The van der Waals surface area contributed by atoms with Crippen LogP contribution in [0.1, 0.15) is 46.0 Å². The maximum atomic E-state index is 12.2. The van der Waals surface area contributed by atoms with Gasteiger partial charge in [-0.1, -0.05) is 19.3 Å². The predicted molar refractivity (Wildman–Crippen MR) is 80.3 cm³/mol. The molecule has 1 aliphatic heterocycles. The number of nitrogens with zero attached hydrogens (tertiary/aromatic N) is 2. The van der Waals surface area contributed by atoms with E-state index >= 15 is 0 Å². The van der Waals surface area contributed by atoms with Gasteiger partial charge in [-0.2, -0.15) is 5.26 Å². The molecule has 1 aliphatic carbocycles. The molecule has 0 spiro atoms. The lowest BCUT2D eigenvalue weighted by atomic mass is 9.95. The first-order valence-electron chi connectivity index (χ1n) is 7.90. The lowest BCUT2D eigenvalue weighted by molar-refractivity contribution is -0.118. The molecule has 116 valence electrons. The summed E-state index contributed by atoms with van der Waals surface area (Å²) in [5, 5.41) is 12.2. The van der Waals surface area contributed by atoms with E-state index in [4.69, 9.17) is 4.74 Å². The summed E-state index contributed by atoms with van der Waals surface area (Å²) in [7, 11) is 0. The number of nitrogens with one attached hydrogen (secondary N) is 1. The van der Waals surface area contributed by atoms with Crippen LogP contribution in [0.25, 0.3) is 0 Å². The van der Waals surface area contributed by atoms with Crippen molar-refractivity contribution in [1.29, 1.82) is 5.26 Å². The third-order valence-electron chi connectivity index (χ3n) is 4.06. The summed E-state index contributed by atoms with van der Waals surface area (Å²) in [5.41, 5.74) is 0.196. The van der Waals surface area contributed by atoms with E-state index in [9.17, 15) is 10.1 Å². The Hall–Kier alpha value is -1.54. The monoisotopic (exact) mass is 291 g/mol. The van der Waals surface area contributed by atoms with E-state index in [0.29, 0.717) is 13.1 Å². The number of carbonyl (C=O) groups excluding carboxylic acids is 1. The third kappa shape index (κ3) is 4.75. The van der Waals surface area contributed by atoms with Gasteiger partial charge in [0.05, 0.1) is 12.2 Å². The highest BCUT2D eigenvalue weighted by molar-refractivity contribution is 5.97. The molecule has 0 aromatic heterocycles. The highest BCUT2D eigenvalue weighted by atomic mass is 16.5. The smallest absolute Gasteiger partial charge is 0.263 e. The zero-order valence-electron chi connectivity index (χ0n) is 13.0. The van der Waals surface area contributed by atoms with Crippen molar-refractivity contribution in [2.24, 2.45) is 0 Å². The summed E-state index contributed by atoms with van der Waals surface area (Å²) in [6, 6.07) is 2.26. The molecule has 1 heterocycles. The largest absolute Gasteiger partial charge is 0.372 e. The third-order valence-corrected chi connectivity index (χ3v) is 4.06. The van der Waals surface area contributed by atoms with E-state index in [1.807, 2.05) is 24.8 Å². The van der Waals surface area contributed by atoms with Crippen LogP contribution in [0.5, 0.6) is 0 Å². The number of morpholine rings is 1. The molecule has 1 saturated carbocycles. The molecule has 1 saturated heterocycles. The molecule has 21 heavy (non-hydrogen) atoms. The van der Waals surface area contributed by atoms with E-state index in [0.717, 1.165) is 25.7 Å². The predicted octanol–water partition coefficient (Wildman–Crippen LogP) is 1.95. The van der Waals surface area contributed by atoms with E-state index in [1.165, 1.54) is 6.42 Å². The number of rotatable bonds is 3. The molecule has 5 heteroatoms. The number of amides is 1. The fourth-order valence-corrected chi connectivity index (χ4v) is 3.15. The van der Waals surface area contributed by atoms with Crippen LogP contribution in [0.2, 0.25) is 0 Å². The van der Waals surface area contributed by atoms with Crippen molar-refractivity contribution in [2.45, 2.75) is 64.2 Å². The van der Waals surface area contributed by atoms with Gasteiger partial charge in [0.1, 0.15) is 11.6 Å². The summed E-state index contributed by atoms with van der Waals surface area (Å²) >= 11 is 0. The minimum absolute atomic E-state index is 0.117. The fraction of sp³-hybridized carbons (Fsp3) is 0.750. The summed E-state index contributed by atoms with van der Waals surface area (Å²) in [4.78, 5) is 14.2. The van der Waals surface area contributed by atoms with Crippen LogP contribution in [-0.4, -0.2) is 42.1 Å². The number of hydrogen-bond acceptors (Lipinski definition) is 4. The Bertz CT molecular complexity index is 425. The first-order chi connectivity index (χ1) is 10.1. The average molecular weight is 291 g/mol. The Morgan fingerprint density at radius 1 is 1.24 bits per heavy atom. The number of hydrogen-bond donors (Lipinski definition) is 1. The maximum absolute atomic E-state index is 12.2. The van der Waals surface area contributed by atoms with Crippen LogP contribution in [0.4, 0.5) is 0 Å². The second-order valence-corrected chi connectivity index (χ2v) is 6.17. The minimum atomic E-state index is -0.240. The highest BCUT2D eigenvalue weighted by Crippen LogP contribution is 2.18. The molecule has 2 atom stereocenters. The minimum Gasteiger partial charge on any atom is -0.372 e. The quantitative estimate of drug-likeness (QED) is 0.637. The van der Waals surface area contributed by atoms with Gasteiger partial charge in [0, 0.05) is 25.3 Å². The van der Waals surface area contributed by atoms with Crippen molar-refractivity contribution in [2.75, 3.05) is 13.1 Å². The van der Waals surface area contributed by atoms with Crippen molar-refractivity contribution in [1.82, 2.24) is 10.2 Å². The first-order valence-corrected chi connectivity index (χ1v) is 7.90. The Kier molecular flexibility index (Phi) is 5.63. The van der Waals surface area contributed by atoms with Gasteiger partial charge in [0.2, 0.25) is 0 Å². The summed E-state index contributed by atoms with van der Waals surface area (Å²) < 4.78 is 5.66. The summed E-state index contributed by atoms with van der Waals surface area (Å²) in [6.45, 7) is 5.44. The topological polar surface area (TPSA) is 65.4 Å². The molecule has 2 rings (SSSR count). The molecule has 0 bridgehead atoms. The van der Waals surface area contributed by atoms with Crippen molar-refractivity contribution in [3.05, 3.63) is 11.8 Å². The first kappa shape index (κ1) is 15.8. The maximum Gasteiger partial charge on any atom is 0.263 e. The Balaban J connectivity index is 1.95. The lowest BCUT2D eigenvalue weighted by Crippen LogP contribution is -2.43. The van der Waals surface area contributed by atoms with E-state index in [1.54, 1.807) is 6.20 Å². The van der Waals surface area contributed by atoms with Crippen LogP contribution in [0.15, 0.2) is 11.8 Å². The molecule has 1 amide bonds. The normalized spacial score (nSPS) is 28.0. The summed E-state index contributed by atoms with van der Waals surface area (Å²) in [6.07, 6.45) is 7.54. The fourth-order valence-electron chi connectivity index (χ4n) is 3.15. The van der Waals surface area contributed by atoms with Crippen molar-refractivity contribution in [3.63, 3.8) is 0 Å². The van der Waals surface area contributed by atoms with E-state index in [-0.39, 0.29) is 29.7 Å². The van der Waals surface area contributed by atoms with Gasteiger partial charge in [0.15, 0.2) is 0 Å². The zero-order chi connectivity index (χ0) is 15.2. The molecule has 5 nitrogen and oxygen atoms in total. The van der Waals surface area contributed by atoms with Gasteiger partial charge in [-0.05, 0) is 26.7 Å². The van der Waals surface area contributed by atoms with Crippen LogP contribution >= 0.6 is 0 Å². The second-order valence-electron chi connectivity index (χ2n) is 6.17. The van der Waals surface area contributed by atoms with Crippen molar-refractivity contribution in [3.8, 4) is 6.07 Å². The Morgan fingerprint density at radius 3 is 2.43 bits per heavy atom. The number of ether oxygens (including phenoxy) is 1. The van der Waals surface area contributed by atoms with Crippen LogP contribution in [0.3, 0.4) is 0 Å². The average Bonchev–Trinajstić information content (AvgIpc) is 2.44. The molecule has 1 N–H and O–H groups in total. The Morgan fingerprint density at radius 2 is 1.86 bits per heavy atom. The van der Waals surface area contributed by atoms with Crippen LogP contribution in [-0.2, 0) is 9.53 Å². The van der Waals surface area contributed by atoms with Crippen molar-refractivity contribution >= 4 is 5.91 Å². The van der Waals surface area contributed by atoms with Crippen molar-refractivity contribution < 1.29 is 9.53 Å². The highest BCUT2D eigenvalue weighted by Gasteiger charge is 2.23. The molecule has 2 aliphatic rings. The number of carbonyl (C=O) groups is 1. The van der Waals surface area contributed by atoms with E-state index < -0.39 is 0 Å².